The lowest BCUT2D eigenvalue weighted by Gasteiger charge is -2.34. The van der Waals surface area contributed by atoms with E-state index in [0.29, 0.717) is 16.3 Å². The molecule has 1 unspecified atom stereocenters. The summed E-state index contributed by atoms with van der Waals surface area (Å²) in [6, 6.07) is 0. The molecule has 1 aromatic heterocycles. The van der Waals surface area contributed by atoms with Crippen molar-refractivity contribution in [3.8, 4) is 0 Å². The van der Waals surface area contributed by atoms with Gasteiger partial charge in [0.25, 0.3) is 0 Å². The van der Waals surface area contributed by atoms with Crippen LogP contribution in [0.3, 0.4) is 0 Å². The molecule has 0 aliphatic heterocycles. The minimum absolute atomic E-state index is 0.327. The average Bonchev–Trinajstić information content (AvgIpc) is 2.97. The number of ether oxygens (including phenoxy) is 1. The van der Waals surface area contributed by atoms with Crippen LogP contribution in [0.2, 0.25) is 0 Å². The van der Waals surface area contributed by atoms with Crippen molar-refractivity contribution in [2.75, 3.05) is 7.11 Å². The Kier molecular flexibility index (Phi) is 4.42. The Hall–Kier alpha value is -2.08. The predicted octanol–water partition coefficient (Wildman–Crippen LogP) is 2.44. The van der Waals surface area contributed by atoms with Gasteiger partial charge in [-0.1, -0.05) is 0 Å². The van der Waals surface area contributed by atoms with Gasteiger partial charge < -0.3 is 4.74 Å². The number of hydrogen-bond acceptors (Lipinski definition) is 6. The molecule has 116 valence electrons. The van der Waals surface area contributed by atoms with Gasteiger partial charge in [0.1, 0.15) is 16.7 Å². The number of carbonyl (C=O) groups excluding carboxylic acids is 3. The molecule has 0 aromatic carbocycles. The van der Waals surface area contributed by atoms with E-state index in [4.69, 9.17) is 4.74 Å². The maximum Gasteiger partial charge on any atom is 0.180 e. The third kappa shape index (κ3) is 2.66. The molecule has 1 aromatic rings. The Morgan fingerprint density at radius 2 is 2.09 bits per heavy atom. The average molecular weight is 319 g/mol. The maximum atomic E-state index is 12.6. The van der Waals surface area contributed by atoms with E-state index in [2.05, 4.69) is 4.98 Å². The normalized spacial score (nSPS) is 21.5. The molecular formula is C16H17NO4S. The lowest BCUT2D eigenvalue weighted by atomic mass is 9.69. The summed E-state index contributed by atoms with van der Waals surface area (Å²) in [4.78, 5) is 41.3. The van der Waals surface area contributed by atoms with Crippen molar-refractivity contribution in [3.63, 3.8) is 0 Å². The molecule has 6 heteroatoms. The molecule has 1 aliphatic rings. The fraction of sp³-hybridized carbons (Fsp3) is 0.375. The van der Waals surface area contributed by atoms with Crippen LogP contribution in [-0.2, 0) is 19.1 Å². The summed E-state index contributed by atoms with van der Waals surface area (Å²) in [5, 5.41) is 2.43. The molecular weight excluding hydrogens is 302 g/mol. The van der Waals surface area contributed by atoms with E-state index >= 15 is 0 Å². The number of Topliss-reactive ketones (excluding diaryl/α,β-unsaturated/α-hetero) is 2. The smallest absolute Gasteiger partial charge is 0.180 e. The minimum Gasteiger partial charge on any atom is -0.500 e. The summed E-state index contributed by atoms with van der Waals surface area (Å²) in [6.45, 7) is 4.91. The first-order chi connectivity index (χ1) is 10.3. The standard InChI is InChI=1S/C16H17NO4S/c1-9-13(19)12(14(20)16(2,3)15(9)21-4)10(18)5-6-11-17-7-8-22-11/h5-8,12H,1-4H3. The van der Waals surface area contributed by atoms with E-state index in [9.17, 15) is 14.4 Å². The first-order valence-electron chi connectivity index (χ1n) is 6.76. The SMILES string of the molecule is COC1=C(C)C(=O)C(C(=O)C=Cc2nccs2)C(=O)C1(C)C. The minimum atomic E-state index is -1.30. The van der Waals surface area contributed by atoms with Gasteiger partial charge >= 0.3 is 0 Å². The summed E-state index contributed by atoms with van der Waals surface area (Å²) in [5.74, 6) is -2.42. The van der Waals surface area contributed by atoms with Crippen molar-refractivity contribution in [2.24, 2.45) is 11.3 Å². The van der Waals surface area contributed by atoms with Gasteiger partial charge in [-0.2, -0.15) is 0 Å². The van der Waals surface area contributed by atoms with Gasteiger partial charge in [0.05, 0.1) is 12.5 Å². The summed E-state index contributed by atoms with van der Waals surface area (Å²) in [7, 11) is 1.42. The molecule has 0 radical (unpaired) electrons. The fourth-order valence-electron chi connectivity index (χ4n) is 2.62. The van der Waals surface area contributed by atoms with Crippen LogP contribution >= 0.6 is 11.3 Å². The Bertz CT molecular complexity index is 683. The van der Waals surface area contributed by atoms with Crippen LogP contribution in [0.15, 0.2) is 29.0 Å². The largest absolute Gasteiger partial charge is 0.500 e. The molecule has 22 heavy (non-hydrogen) atoms. The van der Waals surface area contributed by atoms with Gasteiger partial charge in [0.15, 0.2) is 17.3 Å². The fourth-order valence-corrected chi connectivity index (χ4v) is 3.15. The number of hydrogen-bond donors (Lipinski definition) is 0. The van der Waals surface area contributed by atoms with E-state index < -0.39 is 28.7 Å². The zero-order valence-electron chi connectivity index (χ0n) is 12.9. The van der Waals surface area contributed by atoms with E-state index in [0.717, 1.165) is 0 Å². The zero-order valence-corrected chi connectivity index (χ0v) is 13.7. The molecule has 5 nitrogen and oxygen atoms in total. The van der Waals surface area contributed by atoms with E-state index in [1.807, 2.05) is 0 Å². The summed E-state index contributed by atoms with van der Waals surface area (Å²) < 4.78 is 5.21. The molecule has 0 saturated carbocycles. The van der Waals surface area contributed by atoms with Crippen molar-refractivity contribution in [3.05, 3.63) is 34.0 Å². The van der Waals surface area contributed by atoms with E-state index in [1.54, 1.807) is 32.3 Å². The first kappa shape index (κ1) is 16.3. The molecule has 0 fully saturated rings. The lowest BCUT2D eigenvalue weighted by Crippen LogP contribution is -2.46. The quantitative estimate of drug-likeness (QED) is 0.629. The van der Waals surface area contributed by atoms with Gasteiger partial charge in [0.2, 0.25) is 0 Å². The topological polar surface area (TPSA) is 73.3 Å². The monoisotopic (exact) mass is 319 g/mol. The highest BCUT2D eigenvalue weighted by atomic mass is 32.1. The van der Waals surface area contributed by atoms with Gasteiger partial charge in [0, 0.05) is 17.2 Å². The van der Waals surface area contributed by atoms with Gasteiger partial charge in [-0.3, -0.25) is 14.4 Å². The van der Waals surface area contributed by atoms with Crippen molar-refractivity contribution >= 4 is 34.8 Å². The molecule has 0 bridgehead atoms. The molecule has 1 atom stereocenters. The van der Waals surface area contributed by atoms with E-state index in [1.165, 1.54) is 30.6 Å². The number of rotatable bonds is 4. The first-order valence-corrected chi connectivity index (χ1v) is 7.64. The third-order valence-electron chi connectivity index (χ3n) is 3.75. The number of thiazole rings is 1. The summed E-state index contributed by atoms with van der Waals surface area (Å²) >= 11 is 1.37. The zero-order chi connectivity index (χ0) is 16.5. The van der Waals surface area contributed by atoms with Crippen LogP contribution in [0.4, 0.5) is 0 Å². The summed E-state index contributed by atoms with van der Waals surface area (Å²) in [6.07, 6.45) is 4.39. The van der Waals surface area contributed by atoms with Crippen molar-refractivity contribution in [2.45, 2.75) is 20.8 Å². The molecule has 0 amide bonds. The van der Waals surface area contributed by atoms with Crippen LogP contribution in [-0.4, -0.2) is 29.4 Å². The van der Waals surface area contributed by atoms with Crippen molar-refractivity contribution < 1.29 is 19.1 Å². The van der Waals surface area contributed by atoms with Crippen molar-refractivity contribution in [1.29, 1.82) is 0 Å². The highest BCUT2D eigenvalue weighted by Crippen LogP contribution is 2.39. The Morgan fingerprint density at radius 1 is 1.41 bits per heavy atom. The number of aromatic nitrogens is 1. The second kappa shape index (κ2) is 5.96. The van der Waals surface area contributed by atoms with Crippen LogP contribution < -0.4 is 0 Å². The predicted molar refractivity (Wildman–Crippen MR) is 83.1 cm³/mol. The molecule has 0 N–H and O–H groups in total. The molecule has 0 spiro atoms. The maximum absolute atomic E-state index is 12.6. The van der Waals surface area contributed by atoms with Crippen LogP contribution in [0.1, 0.15) is 25.8 Å². The Labute approximate surface area is 132 Å². The number of methoxy groups -OCH3 is 1. The second-order valence-electron chi connectivity index (χ2n) is 5.55. The molecule has 1 heterocycles. The number of allylic oxidation sites excluding steroid dienone is 3. The van der Waals surface area contributed by atoms with Gasteiger partial charge in [-0.05, 0) is 32.9 Å². The molecule has 2 rings (SSSR count). The number of nitrogens with zero attached hydrogens (tertiary/aromatic N) is 1. The summed E-state index contributed by atoms with van der Waals surface area (Å²) in [5.41, 5.74) is -0.671. The highest BCUT2D eigenvalue weighted by molar-refractivity contribution is 7.10. The molecule has 0 saturated heterocycles. The van der Waals surface area contributed by atoms with Crippen LogP contribution in [0.25, 0.3) is 6.08 Å². The van der Waals surface area contributed by atoms with Crippen molar-refractivity contribution in [1.82, 2.24) is 4.98 Å². The van der Waals surface area contributed by atoms with Gasteiger partial charge in [-0.25, -0.2) is 4.98 Å². The molecule has 1 aliphatic carbocycles. The number of ketones is 3. The Morgan fingerprint density at radius 3 is 2.64 bits per heavy atom. The second-order valence-corrected chi connectivity index (χ2v) is 6.48. The lowest BCUT2D eigenvalue weighted by molar-refractivity contribution is -0.143. The Balaban J connectivity index is 2.35. The highest BCUT2D eigenvalue weighted by Gasteiger charge is 2.49. The third-order valence-corrected chi connectivity index (χ3v) is 4.49. The van der Waals surface area contributed by atoms with E-state index in [-0.39, 0.29) is 0 Å². The van der Waals surface area contributed by atoms with Gasteiger partial charge in [-0.15, -0.1) is 11.3 Å². The number of carbonyl (C=O) groups is 3. The van der Waals surface area contributed by atoms with Crippen LogP contribution in [0, 0.1) is 11.3 Å². The van der Waals surface area contributed by atoms with Crippen LogP contribution in [0.5, 0.6) is 0 Å².